The summed E-state index contributed by atoms with van der Waals surface area (Å²) in [6.07, 6.45) is 0. The van der Waals surface area contributed by atoms with E-state index in [2.05, 4.69) is 21.2 Å². The topological polar surface area (TPSA) is 38.0 Å². The number of rotatable bonds is 3. The Morgan fingerprint density at radius 2 is 2.06 bits per heavy atom. The lowest BCUT2D eigenvalue weighted by Gasteiger charge is -2.09. The number of benzene rings is 1. The van der Waals surface area contributed by atoms with Gasteiger partial charge in [-0.15, -0.1) is 11.3 Å². The summed E-state index contributed by atoms with van der Waals surface area (Å²) in [6, 6.07) is 5.79. The van der Waals surface area contributed by atoms with Crippen LogP contribution in [-0.2, 0) is 6.54 Å². The van der Waals surface area contributed by atoms with E-state index in [4.69, 9.17) is 5.73 Å². The third kappa shape index (κ3) is 2.95. The van der Waals surface area contributed by atoms with Crippen molar-refractivity contribution in [3.05, 3.63) is 44.6 Å². The van der Waals surface area contributed by atoms with Crippen LogP contribution in [0.15, 0.2) is 28.1 Å². The van der Waals surface area contributed by atoms with Crippen molar-refractivity contribution in [3.63, 3.8) is 0 Å². The Kier molecular flexibility index (Phi) is 3.63. The van der Waals surface area contributed by atoms with E-state index in [1.54, 1.807) is 11.3 Å². The fraction of sp³-hybridized carbons (Fsp3) is 0.0909. The van der Waals surface area contributed by atoms with Gasteiger partial charge in [0.05, 0.1) is 15.2 Å². The van der Waals surface area contributed by atoms with Gasteiger partial charge in [-0.2, -0.15) is 0 Å². The highest BCUT2D eigenvalue weighted by Gasteiger charge is 2.08. The van der Waals surface area contributed by atoms with Crippen LogP contribution >= 0.6 is 27.3 Å². The van der Waals surface area contributed by atoms with Crippen LogP contribution in [0, 0.1) is 11.6 Å². The second kappa shape index (κ2) is 5.01. The molecule has 0 atom stereocenters. The van der Waals surface area contributed by atoms with Crippen LogP contribution in [0.4, 0.5) is 20.2 Å². The van der Waals surface area contributed by atoms with E-state index in [0.29, 0.717) is 6.54 Å². The molecule has 0 saturated carbocycles. The van der Waals surface area contributed by atoms with Crippen molar-refractivity contribution in [2.75, 3.05) is 11.1 Å². The van der Waals surface area contributed by atoms with Crippen LogP contribution in [0.3, 0.4) is 0 Å². The number of nitrogens with two attached hydrogens (primary N) is 1. The van der Waals surface area contributed by atoms with Crippen LogP contribution in [0.2, 0.25) is 0 Å². The van der Waals surface area contributed by atoms with E-state index in [-0.39, 0.29) is 11.4 Å². The summed E-state index contributed by atoms with van der Waals surface area (Å²) in [5.41, 5.74) is 5.71. The molecule has 2 nitrogen and oxygen atoms in total. The zero-order chi connectivity index (χ0) is 12.4. The number of anilines is 2. The lowest BCUT2D eigenvalue weighted by molar-refractivity contribution is 0.587. The van der Waals surface area contributed by atoms with Crippen molar-refractivity contribution >= 4 is 38.6 Å². The van der Waals surface area contributed by atoms with E-state index < -0.39 is 11.6 Å². The molecule has 1 aromatic heterocycles. The van der Waals surface area contributed by atoms with Gasteiger partial charge in [0, 0.05) is 17.5 Å². The first-order valence-corrected chi connectivity index (χ1v) is 6.40. The first-order chi connectivity index (χ1) is 8.06. The molecule has 0 amide bonds. The van der Waals surface area contributed by atoms with Gasteiger partial charge in [-0.25, -0.2) is 8.78 Å². The number of hydrogen-bond acceptors (Lipinski definition) is 3. The zero-order valence-electron chi connectivity index (χ0n) is 8.64. The lowest BCUT2D eigenvalue weighted by Crippen LogP contribution is -2.03. The second-order valence-corrected chi connectivity index (χ2v) is 5.96. The SMILES string of the molecule is Nc1c(F)cc(F)cc1NCc1ccc(Br)s1. The van der Waals surface area contributed by atoms with Gasteiger partial charge in [-0.1, -0.05) is 0 Å². The fourth-order valence-electron chi connectivity index (χ4n) is 1.36. The molecule has 0 unspecified atom stereocenters. The minimum Gasteiger partial charge on any atom is -0.395 e. The van der Waals surface area contributed by atoms with Crippen LogP contribution in [0.1, 0.15) is 4.88 Å². The van der Waals surface area contributed by atoms with Crippen molar-refractivity contribution in [1.82, 2.24) is 0 Å². The van der Waals surface area contributed by atoms with E-state index in [0.717, 1.165) is 14.7 Å². The molecule has 90 valence electrons. The molecule has 0 aliphatic rings. The van der Waals surface area contributed by atoms with E-state index in [9.17, 15) is 8.78 Å². The van der Waals surface area contributed by atoms with Gasteiger partial charge >= 0.3 is 0 Å². The first kappa shape index (κ1) is 12.3. The molecule has 0 bridgehead atoms. The van der Waals surface area contributed by atoms with E-state index >= 15 is 0 Å². The summed E-state index contributed by atoms with van der Waals surface area (Å²) >= 11 is 4.89. The van der Waals surface area contributed by atoms with Crippen LogP contribution in [0.5, 0.6) is 0 Å². The molecule has 2 rings (SSSR count). The van der Waals surface area contributed by atoms with E-state index in [1.165, 1.54) is 6.07 Å². The number of nitrogens with one attached hydrogen (secondary N) is 1. The molecule has 0 fully saturated rings. The summed E-state index contributed by atoms with van der Waals surface area (Å²) in [6.45, 7) is 0.476. The number of thiophene rings is 1. The minimum atomic E-state index is -0.750. The van der Waals surface area contributed by atoms with Gasteiger partial charge in [0.15, 0.2) is 5.82 Å². The molecular weight excluding hydrogens is 310 g/mol. The zero-order valence-corrected chi connectivity index (χ0v) is 11.0. The maximum atomic E-state index is 13.2. The quantitative estimate of drug-likeness (QED) is 0.840. The van der Waals surface area contributed by atoms with Crippen molar-refractivity contribution in [2.24, 2.45) is 0 Å². The molecule has 6 heteroatoms. The Morgan fingerprint density at radius 3 is 2.71 bits per heavy atom. The van der Waals surface area contributed by atoms with Crippen molar-refractivity contribution < 1.29 is 8.78 Å². The smallest absolute Gasteiger partial charge is 0.151 e. The van der Waals surface area contributed by atoms with Crippen molar-refractivity contribution in [2.45, 2.75) is 6.54 Å². The van der Waals surface area contributed by atoms with Crippen LogP contribution in [0.25, 0.3) is 0 Å². The molecule has 0 spiro atoms. The van der Waals surface area contributed by atoms with Gasteiger partial charge in [0.1, 0.15) is 5.82 Å². The molecule has 0 aliphatic carbocycles. The van der Waals surface area contributed by atoms with Gasteiger partial charge < -0.3 is 11.1 Å². The maximum absolute atomic E-state index is 13.2. The Bertz CT molecular complexity index is 542. The molecule has 0 radical (unpaired) electrons. The number of nitrogen functional groups attached to an aromatic ring is 1. The molecule has 3 N–H and O–H groups in total. The molecule has 0 saturated heterocycles. The van der Waals surface area contributed by atoms with Gasteiger partial charge in [0.25, 0.3) is 0 Å². The van der Waals surface area contributed by atoms with Crippen LogP contribution in [-0.4, -0.2) is 0 Å². The highest BCUT2D eigenvalue weighted by molar-refractivity contribution is 9.11. The molecule has 2 aromatic rings. The molecule has 1 heterocycles. The molecular formula is C11H9BrF2N2S. The van der Waals surface area contributed by atoms with Crippen molar-refractivity contribution in [3.8, 4) is 0 Å². The van der Waals surface area contributed by atoms with Gasteiger partial charge in [-0.3, -0.25) is 0 Å². The predicted octanol–water partition coefficient (Wildman–Crippen LogP) is 3.98. The van der Waals surface area contributed by atoms with E-state index in [1.807, 2.05) is 12.1 Å². The second-order valence-electron chi connectivity index (χ2n) is 3.41. The van der Waals surface area contributed by atoms with Crippen LogP contribution < -0.4 is 11.1 Å². The number of hydrogen-bond donors (Lipinski definition) is 2. The molecule has 0 aliphatic heterocycles. The molecule has 1 aromatic carbocycles. The Balaban J connectivity index is 2.14. The number of halogens is 3. The summed E-state index contributed by atoms with van der Waals surface area (Å²) in [5.74, 6) is -1.40. The Hall–Kier alpha value is -1.14. The summed E-state index contributed by atoms with van der Waals surface area (Å²) in [4.78, 5) is 1.04. The third-order valence-corrected chi connectivity index (χ3v) is 3.80. The predicted molar refractivity (Wildman–Crippen MR) is 70.1 cm³/mol. The van der Waals surface area contributed by atoms with Gasteiger partial charge in [0.2, 0.25) is 0 Å². The highest BCUT2D eigenvalue weighted by Crippen LogP contribution is 2.26. The largest absolute Gasteiger partial charge is 0.395 e. The first-order valence-electron chi connectivity index (χ1n) is 4.79. The minimum absolute atomic E-state index is 0.0676. The lowest BCUT2D eigenvalue weighted by atomic mass is 10.2. The van der Waals surface area contributed by atoms with Crippen molar-refractivity contribution in [1.29, 1.82) is 0 Å². The third-order valence-electron chi connectivity index (χ3n) is 2.18. The normalized spacial score (nSPS) is 10.5. The monoisotopic (exact) mass is 318 g/mol. The summed E-state index contributed by atoms with van der Waals surface area (Å²) in [5, 5.41) is 2.91. The fourth-order valence-corrected chi connectivity index (χ4v) is 2.78. The maximum Gasteiger partial charge on any atom is 0.151 e. The standard InChI is InChI=1S/C11H9BrF2N2S/c12-10-2-1-7(17-10)5-16-9-4-6(13)3-8(14)11(9)15/h1-4,16H,5,15H2. The Morgan fingerprint density at radius 1 is 1.29 bits per heavy atom. The average molecular weight is 319 g/mol. The molecule has 17 heavy (non-hydrogen) atoms. The van der Waals surface area contributed by atoms with Gasteiger partial charge in [-0.05, 0) is 34.1 Å². The Labute approximate surface area is 110 Å². The summed E-state index contributed by atoms with van der Waals surface area (Å²) < 4.78 is 27.2. The summed E-state index contributed by atoms with van der Waals surface area (Å²) in [7, 11) is 0. The average Bonchev–Trinajstić information content (AvgIpc) is 2.67. The highest BCUT2D eigenvalue weighted by atomic mass is 79.9.